The number of rotatable bonds is 6. The predicted molar refractivity (Wildman–Crippen MR) is 97.4 cm³/mol. The number of hydrogen-bond acceptors (Lipinski definition) is 5. The first-order valence-corrected chi connectivity index (χ1v) is 8.39. The molecule has 9 heteroatoms. The Morgan fingerprint density at radius 1 is 1.18 bits per heavy atom. The van der Waals surface area contributed by atoms with Crippen LogP contribution < -0.4 is 16.1 Å². The van der Waals surface area contributed by atoms with Gasteiger partial charge in [0, 0.05) is 11.8 Å². The maximum atomic E-state index is 14.0. The Morgan fingerprint density at radius 2 is 1.96 bits per heavy atom. The van der Waals surface area contributed by atoms with E-state index in [-0.39, 0.29) is 18.8 Å². The van der Waals surface area contributed by atoms with Gasteiger partial charge in [-0.05, 0) is 31.2 Å². The van der Waals surface area contributed by atoms with Crippen LogP contribution in [-0.2, 0) is 11.3 Å². The summed E-state index contributed by atoms with van der Waals surface area (Å²) in [7, 11) is 0. The van der Waals surface area contributed by atoms with Gasteiger partial charge in [-0.25, -0.2) is 9.07 Å². The fourth-order valence-electron chi connectivity index (χ4n) is 2.48. The van der Waals surface area contributed by atoms with Crippen molar-refractivity contribution in [3.63, 3.8) is 0 Å². The van der Waals surface area contributed by atoms with Crippen molar-refractivity contribution in [1.29, 1.82) is 0 Å². The number of carbonyl (C=O) groups is 2. The Bertz CT molecular complexity index is 1060. The van der Waals surface area contributed by atoms with E-state index in [0.29, 0.717) is 11.5 Å². The van der Waals surface area contributed by atoms with E-state index in [0.717, 1.165) is 0 Å². The summed E-state index contributed by atoms with van der Waals surface area (Å²) in [6, 6.07) is 10.4. The maximum absolute atomic E-state index is 14.0. The third-order valence-corrected chi connectivity index (χ3v) is 3.85. The lowest BCUT2D eigenvalue weighted by Gasteiger charge is -2.12. The lowest BCUT2D eigenvalue weighted by Crippen LogP contribution is -2.39. The molecular weight excluding hydrogens is 367 g/mol. The molecule has 3 aromatic rings. The number of aryl methyl sites for hydroxylation is 1. The summed E-state index contributed by atoms with van der Waals surface area (Å²) in [4.78, 5) is 36.3. The van der Waals surface area contributed by atoms with Gasteiger partial charge in [0.1, 0.15) is 17.3 Å². The molecule has 0 saturated heterocycles. The molecule has 0 bridgehead atoms. The van der Waals surface area contributed by atoms with Gasteiger partial charge in [0.15, 0.2) is 5.69 Å². The number of nitrogens with zero attached hydrogens (tertiary/aromatic N) is 2. The summed E-state index contributed by atoms with van der Waals surface area (Å²) >= 11 is 0. The molecule has 0 fully saturated rings. The number of aromatic nitrogens is 2. The quantitative estimate of drug-likeness (QED) is 0.667. The third-order valence-electron chi connectivity index (χ3n) is 3.85. The van der Waals surface area contributed by atoms with Gasteiger partial charge in [0.2, 0.25) is 11.3 Å². The summed E-state index contributed by atoms with van der Waals surface area (Å²) in [5.74, 6) is -1.28. The topological polar surface area (TPSA) is 106 Å². The lowest BCUT2D eigenvalue weighted by molar-refractivity contribution is -0.120. The van der Waals surface area contributed by atoms with Crippen LogP contribution in [0.5, 0.6) is 0 Å². The molecule has 0 atom stereocenters. The van der Waals surface area contributed by atoms with E-state index in [1.807, 2.05) is 0 Å². The normalized spacial score (nSPS) is 10.5. The van der Waals surface area contributed by atoms with Crippen LogP contribution in [0.25, 0.3) is 5.69 Å². The first-order valence-electron chi connectivity index (χ1n) is 8.39. The van der Waals surface area contributed by atoms with Gasteiger partial charge in [0.25, 0.3) is 5.91 Å². The summed E-state index contributed by atoms with van der Waals surface area (Å²) in [5.41, 5.74) is -0.598. The zero-order valence-electron chi connectivity index (χ0n) is 14.9. The number of furan rings is 1. The number of amides is 2. The summed E-state index contributed by atoms with van der Waals surface area (Å²) in [6.45, 7) is 1.39. The molecule has 0 saturated carbocycles. The minimum atomic E-state index is -0.830. The second kappa shape index (κ2) is 8.30. The molecule has 144 valence electrons. The molecular formula is C19H17FN4O4. The van der Waals surface area contributed by atoms with Gasteiger partial charge in [-0.1, -0.05) is 12.1 Å². The molecule has 28 heavy (non-hydrogen) atoms. The molecule has 2 N–H and O–H groups in total. The van der Waals surface area contributed by atoms with Crippen LogP contribution in [0.1, 0.15) is 21.9 Å². The maximum Gasteiger partial charge on any atom is 0.276 e. The Balaban J connectivity index is 1.71. The van der Waals surface area contributed by atoms with Gasteiger partial charge in [-0.3, -0.25) is 14.4 Å². The van der Waals surface area contributed by atoms with Crippen molar-refractivity contribution in [2.24, 2.45) is 0 Å². The third kappa shape index (κ3) is 4.32. The van der Waals surface area contributed by atoms with E-state index in [9.17, 15) is 18.8 Å². The number of para-hydroxylation sites is 1. The molecule has 0 spiro atoms. The highest BCUT2D eigenvalue weighted by atomic mass is 19.1. The van der Waals surface area contributed by atoms with Crippen molar-refractivity contribution in [1.82, 2.24) is 20.4 Å². The average molecular weight is 384 g/mol. The molecule has 2 aromatic heterocycles. The molecule has 1 aromatic carbocycles. The van der Waals surface area contributed by atoms with Crippen molar-refractivity contribution in [3.05, 3.63) is 81.9 Å². The van der Waals surface area contributed by atoms with Gasteiger partial charge in [-0.15, -0.1) is 0 Å². The van der Waals surface area contributed by atoms with Crippen molar-refractivity contribution < 1.29 is 18.4 Å². The van der Waals surface area contributed by atoms with E-state index in [4.69, 9.17) is 4.42 Å². The first kappa shape index (κ1) is 19.0. The Hall–Kier alpha value is -3.75. The van der Waals surface area contributed by atoms with E-state index in [1.54, 1.807) is 25.1 Å². The lowest BCUT2D eigenvalue weighted by atomic mass is 10.2. The summed E-state index contributed by atoms with van der Waals surface area (Å²) in [6.07, 6.45) is 1.48. The predicted octanol–water partition coefficient (Wildman–Crippen LogP) is 1.32. The van der Waals surface area contributed by atoms with Crippen molar-refractivity contribution in [2.45, 2.75) is 13.5 Å². The largest absolute Gasteiger partial charge is 0.467 e. The highest BCUT2D eigenvalue weighted by Gasteiger charge is 2.17. The van der Waals surface area contributed by atoms with Crippen molar-refractivity contribution >= 4 is 11.8 Å². The van der Waals surface area contributed by atoms with Crippen LogP contribution in [0.4, 0.5) is 4.39 Å². The Morgan fingerprint density at radius 3 is 2.68 bits per heavy atom. The second-order valence-corrected chi connectivity index (χ2v) is 5.90. The number of benzene rings is 1. The molecule has 0 aliphatic rings. The summed E-state index contributed by atoms with van der Waals surface area (Å²) in [5, 5.41) is 8.86. The number of halogens is 1. The Kier molecular flexibility index (Phi) is 5.64. The molecule has 3 rings (SSSR count). The molecule has 0 unspecified atom stereocenters. The Labute approximate surface area is 159 Å². The van der Waals surface area contributed by atoms with Crippen LogP contribution in [0.15, 0.2) is 57.9 Å². The van der Waals surface area contributed by atoms with Crippen molar-refractivity contribution in [2.75, 3.05) is 6.54 Å². The minimum Gasteiger partial charge on any atom is -0.467 e. The molecule has 2 amide bonds. The van der Waals surface area contributed by atoms with Crippen LogP contribution in [0.3, 0.4) is 0 Å². The van der Waals surface area contributed by atoms with E-state index >= 15 is 0 Å². The molecule has 8 nitrogen and oxygen atoms in total. The highest BCUT2D eigenvalue weighted by molar-refractivity contribution is 5.94. The van der Waals surface area contributed by atoms with Gasteiger partial charge in [0.05, 0.1) is 19.4 Å². The van der Waals surface area contributed by atoms with Crippen LogP contribution in [0, 0.1) is 12.7 Å². The van der Waals surface area contributed by atoms with E-state index in [1.165, 1.54) is 35.2 Å². The number of hydrogen-bond donors (Lipinski definition) is 2. The molecule has 2 heterocycles. The monoisotopic (exact) mass is 384 g/mol. The van der Waals surface area contributed by atoms with Gasteiger partial charge < -0.3 is 15.1 Å². The molecule has 0 aliphatic heterocycles. The fraction of sp³-hybridized carbons (Fsp3) is 0.158. The summed E-state index contributed by atoms with van der Waals surface area (Å²) < 4.78 is 20.3. The second-order valence-electron chi connectivity index (χ2n) is 5.90. The highest BCUT2D eigenvalue weighted by Crippen LogP contribution is 2.13. The molecule has 0 aliphatic carbocycles. The van der Waals surface area contributed by atoms with Crippen molar-refractivity contribution in [3.8, 4) is 5.69 Å². The molecule has 0 radical (unpaired) electrons. The number of carbonyl (C=O) groups excluding carboxylic acids is 2. The van der Waals surface area contributed by atoms with Crippen LogP contribution in [-0.4, -0.2) is 28.1 Å². The zero-order valence-corrected chi connectivity index (χ0v) is 14.9. The van der Waals surface area contributed by atoms with Crippen LogP contribution in [0.2, 0.25) is 0 Å². The fourth-order valence-corrected chi connectivity index (χ4v) is 2.48. The minimum absolute atomic E-state index is 0.102. The van der Waals surface area contributed by atoms with E-state index in [2.05, 4.69) is 15.7 Å². The smallest absolute Gasteiger partial charge is 0.276 e. The number of nitrogens with one attached hydrogen (secondary N) is 2. The average Bonchev–Trinajstić information content (AvgIpc) is 3.19. The zero-order chi connectivity index (χ0) is 20.1. The standard InChI is InChI=1S/C19H17FN4O4/c1-12-9-16(25)18(23-24(12)15-7-3-2-6-14(15)20)19(27)22-11-17(26)21-10-13-5-4-8-28-13/h2-9H,10-11H2,1H3,(H,21,26)(H,22,27). The van der Waals surface area contributed by atoms with Gasteiger partial charge >= 0.3 is 0 Å². The van der Waals surface area contributed by atoms with Crippen LogP contribution >= 0.6 is 0 Å². The first-order chi connectivity index (χ1) is 13.5. The van der Waals surface area contributed by atoms with Gasteiger partial charge in [-0.2, -0.15) is 5.10 Å². The SMILES string of the molecule is Cc1cc(=O)c(C(=O)NCC(=O)NCc2ccco2)nn1-c1ccccc1F. The van der Waals surface area contributed by atoms with E-state index < -0.39 is 28.8 Å².